The number of carbonyl (C=O) groups excluding carboxylic acids is 1. The number of piperidine rings is 1. The number of rotatable bonds is 5. The van der Waals surface area contributed by atoms with Gasteiger partial charge in [-0.3, -0.25) is 9.79 Å². The molecule has 5 nitrogen and oxygen atoms in total. The maximum atomic E-state index is 11.0. The Labute approximate surface area is 137 Å². The first kappa shape index (κ1) is 18.8. The number of nitrogens with one attached hydrogen (secondary N) is 1. The van der Waals surface area contributed by atoms with Gasteiger partial charge >= 0.3 is 0 Å². The standard InChI is InChI=1S/C12H24N4OS.HI/c1-14-12(15-5-7-18-2)16-6-3-4-10(9-16)8-11(13)17;/h10H,3-9H2,1-2H3,(H2,13,17)(H,14,15);1H. The van der Waals surface area contributed by atoms with Gasteiger partial charge in [0.05, 0.1) is 0 Å². The molecule has 0 aromatic heterocycles. The summed E-state index contributed by atoms with van der Waals surface area (Å²) in [5.41, 5.74) is 5.27. The fourth-order valence-corrected chi connectivity index (χ4v) is 2.61. The lowest BCUT2D eigenvalue weighted by molar-refractivity contribution is -0.119. The summed E-state index contributed by atoms with van der Waals surface area (Å²) in [6.45, 7) is 2.81. The molecule has 0 spiro atoms. The molecule has 1 heterocycles. The zero-order chi connectivity index (χ0) is 13.4. The predicted octanol–water partition coefficient (Wildman–Crippen LogP) is 1.13. The summed E-state index contributed by atoms with van der Waals surface area (Å²) in [5.74, 6) is 2.18. The van der Waals surface area contributed by atoms with E-state index in [9.17, 15) is 4.79 Å². The fourth-order valence-electron chi connectivity index (χ4n) is 2.31. The average molecular weight is 400 g/mol. The Morgan fingerprint density at radius 3 is 2.89 bits per heavy atom. The number of nitrogens with zero attached hydrogens (tertiary/aromatic N) is 2. The van der Waals surface area contributed by atoms with E-state index in [2.05, 4.69) is 21.5 Å². The Hall–Kier alpha value is -0.180. The van der Waals surface area contributed by atoms with Crippen molar-refractivity contribution in [1.29, 1.82) is 0 Å². The van der Waals surface area contributed by atoms with E-state index in [4.69, 9.17) is 5.73 Å². The van der Waals surface area contributed by atoms with Crippen molar-refractivity contribution in [3.8, 4) is 0 Å². The lowest BCUT2D eigenvalue weighted by Crippen LogP contribution is -2.47. The van der Waals surface area contributed by atoms with Crippen molar-refractivity contribution < 1.29 is 4.79 Å². The van der Waals surface area contributed by atoms with Gasteiger partial charge < -0.3 is 16.0 Å². The van der Waals surface area contributed by atoms with Gasteiger partial charge in [-0.15, -0.1) is 24.0 Å². The molecule has 1 rings (SSSR count). The van der Waals surface area contributed by atoms with Crippen LogP contribution in [-0.4, -0.2) is 55.5 Å². The lowest BCUT2D eigenvalue weighted by atomic mass is 9.95. The molecule has 0 radical (unpaired) electrons. The summed E-state index contributed by atoms with van der Waals surface area (Å²) < 4.78 is 0. The van der Waals surface area contributed by atoms with Crippen LogP contribution in [0.5, 0.6) is 0 Å². The minimum atomic E-state index is -0.202. The second-order valence-corrected chi connectivity index (χ2v) is 5.58. The first-order chi connectivity index (χ1) is 8.67. The Morgan fingerprint density at radius 2 is 2.32 bits per heavy atom. The van der Waals surface area contributed by atoms with Crippen LogP contribution < -0.4 is 11.1 Å². The Kier molecular flexibility index (Phi) is 10.5. The lowest BCUT2D eigenvalue weighted by Gasteiger charge is -2.34. The molecule has 0 aliphatic carbocycles. The Balaban J connectivity index is 0.00000324. The van der Waals surface area contributed by atoms with Crippen molar-refractivity contribution in [1.82, 2.24) is 10.2 Å². The third-order valence-electron chi connectivity index (χ3n) is 3.11. The van der Waals surface area contributed by atoms with Crippen LogP contribution in [0.25, 0.3) is 0 Å². The number of likely N-dealkylation sites (tertiary alicyclic amines) is 1. The maximum absolute atomic E-state index is 11.0. The second-order valence-electron chi connectivity index (χ2n) is 4.59. The summed E-state index contributed by atoms with van der Waals surface area (Å²) in [5, 5.41) is 3.35. The van der Waals surface area contributed by atoms with E-state index < -0.39 is 0 Å². The van der Waals surface area contributed by atoms with E-state index in [1.54, 1.807) is 7.05 Å². The van der Waals surface area contributed by atoms with Gasteiger partial charge in [0.2, 0.25) is 5.91 Å². The summed E-state index contributed by atoms with van der Waals surface area (Å²) in [6.07, 6.45) is 4.76. The third-order valence-corrected chi connectivity index (χ3v) is 3.72. The zero-order valence-corrected chi connectivity index (χ0v) is 14.9. The van der Waals surface area contributed by atoms with Crippen molar-refractivity contribution in [2.45, 2.75) is 19.3 Å². The first-order valence-electron chi connectivity index (χ1n) is 6.40. The number of hydrogen-bond donors (Lipinski definition) is 2. The van der Waals surface area contributed by atoms with Gasteiger partial charge in [0.25, 0.3) is 0 Å². The number of primary amides is 1. The van der Waals surface area contributed by atoms with Crippen LogP contribution in [0.3, 0.4) is 0 Å². The number of amides is 1. The monoisotopic (exact) mass is 400 g/mol. The van der Waals surface area contributed by atoms with E-state index in [-0.39, 0.29) is 29.9 Å². The number of thioether (sulfide) groups is 1. The van der Waals surface area contributed by atoms with Crippen LogP contribution in [0.1, 0.15) is 19.3 Å². The predicted molar refractivity (Wildman–Crippen MR) is 93.3 cm³/mol. The maximum Gasteiger partial charge on any atom is 0.217 e. The number of aliphatic imine (C=N–C) groups is 1. The first-order valence-corrected chi connectivity index (χ1v) is 7.79. The molecule has 0 aromatic carbocycles. The molecule has 0 saturated carbocycles. The molecule has 1 unspecified atom stereocenters. The van der Waals surface area contributed by atoms with Gasteiger partial charge in [-0.2, -0.15) is 11.8 Å². The molecule has 3 N–H and O–H groups in total. The highest BCUT2D eigenvalue weighted by molar-refractivity contribution is 14.0. The van der Waals surface area contributed by atoms with Crippen LogP contribution in [0, 0.1) is 5.92 Å². The second kappa shape index (κ2) is 10.6. The summed E-state index contributed by atoms with van der Waals surface area (Å²) in [7, 11) is 1.80. The average Bonchev–Trinajstić information content (AvgIpc) is 2.34. The van der Waals surface area contributed by atoms with Gasteiger partial charge in [0.15, 0.2) is 5.96 Å². The van der Waals surface area contributed by atoms with E-state index in [0.29, 0.717) is 12.3 Å². The number of guanidine groups is 1. The summed E-state index contributed by atoms with van der Waals surface area (Å²) in [6, 6.07) is 0. The van der Waals surface area contributed by atoms with Gasteiger partial charge in [0, 0.05) is 38.9 Å². The van der Waals surface area contributed by atoms with Crippen LogP contribution in [0.15, 0.2) is 4.99 Å². The Bertz CT molecular complexity index is 301. The van der Waals surface area contributed by atoms with Crippen molar-refractivity contribution in [2.24, 2.45) is 16.6 Å². The molecule has 1 saturated heterocycles. The highest BCUT2D eigenvalue weighted by atomic mass is 127. The smallest absolute Gasteiger partial charge is 0.217 e. The molecule has 0 aromatic rings. The van der Waals surface area contributed by atoms with E-state index in [1.807, 2.05) is 11.8 Å². The van der Waals surface area contributed by atoms with Gasteiger partial charge in [-0.1, -0.05) is 0 Å². The molecule has 7 heteroatoms. The van der Waals surface area contributed by atoms with Gasteiger partial charge in [0.1, 0.15) is 0 Å². The minimum Gasteiger partial charge on any atom is -0.370 e. The number of nitrogens with two attached hydrogens (primary N) is 1. The van der Waals surface area contributed by atoms with E-state index in [0.717, 1.165) is 44.2 Å². The largest absolute Gasteiger partial charge is 0.370 e. The van der Waals surface area contributed by atoms with Crippen molar-refractivity contribution in [3.63, 3.8) is 0 Å². The molecule has 19 heavy (non-hydrogen) atoms. The number of hydrogen-bond acceptors (Lipinski definition) is 3. The van der Waals surface area contributed by atoms with Crippen molar-refractivity contribution >= 4 is 47.6 Å². The molecule has 1 atom stereocenters. The van der Waals surface area contributed by atoms with E-state index in [1.165, 1.54) is 0 Å². The molecular weight excluding hydrogens is 375 g/mol. The molecule has 1 aliphatic rings. The normalized spacial score (nSPS) is 19.8. The van der Waals surface area contributed by atoms with Gasteiger partial charge in [-0.25, -0.2) is 0 Å². The van der Waals surface area contributed by atoms with Crippen molar-refractivity contribution in [2.75, 3.05) is 38.7 Å². The Morgan fingerprint density at radius 1 is 1.58 bits per heavy atom. The summed E-state index contributed by atoms with van der Waals surface area (Å²) >= 11 is 1.81. The number of halogens is 1. The minimum absolute atomic E-state index is 0. The SMILES string of the molecule is CN=C(NCCSC)N1CCCC(CC(N)=O)C1.I. The van der Waals surface area contributed by atoms with E-state index >= 15 is 0 Å². The van der Waals surface area contributed by atoms with Gasteiger partial charge in [-0.05, 0) is 25.0 Å². The molecule has 1 amide bonds. The van der Waals surface area contributed by atoms with Crippen LogP contribution in [-0.2, 0) is 4.79 Å². The van der Waals surface area contributed by atoms with Crippen LogP contribution in [0.2, 0.25) is 0 Å². The zero-order valence-electron chi connectivity index (χ0n) is 11.7. The highest BCUT2D eigenvalue weighted by Crippen LogP contribution is 2.19. The quantitative estimate of drug-likeness (QED) is 0.314. The van der Waals surface area contributed by atoms with Crippen LogP contribution >= 0.6 is 35.7 Å². The molecule has 0 bridgehead atoms. The highest BCUT2D eigenvalue weighted by Gasteiger charge is 2.23. The molecular formula is C12H25IN4OS. The van der Waals surface area contributed by atoms with Crippen molar-refractivity contribution in [3.05, 3.63) is 0 Å². The molecule has 1 aliphatic heterocycles. The topological polar surface area (TPSA) is 70.7 Å². The number of carbonyl (C=O) groups is 1. The third kappa shape index (κ3) is 7.24. The van der Waals surface area contributed by atoms with Crippen LogP contribution in [0.4, 0.5) is 0 Å². The molecule has 112 valence electrons. The fraction of sp³-hybridized carbons (Fsp3) is 0.833. The molecule has 1 fully saturated rings. The summed E-state index contributed by atoms with van der Waals surface area (Å²) in [4.78, 5) is 17.5.